The first-order chi connectivity index (χ1) is 5.09. The molecule has 0 bridgehead atoms. The zero-order valence-electron chi connectivity index (χ0n) is 6.21. The molecule has 0 aliphatic rings. The number of aromatic amines is 2. The number of nitrogens with one attached hydrogen (secondary N) is 2. The molecule has 0 amide bonds. The number of carbonyl (C=O) groups is 1. The van der Waals surface area contributed by atoms with Gasteiger partial charge in [0.25, 0.3) is 5.56 Å². The van der Waals surface area contributed by atoms with Crippen LogP contribution in [0.1, 0.15) is 10.5 Å². The van der Waals surface area contributed by atoms with E-state index in [0.717, 1.165) is 6.07 Å². The summed E-state index contributed by atoms with van der Waals surface area (Å²) in [4.78, 5) is 34.6. The minimum absolute atomic E-state index is 0. The molecule has 0 atom stereocenters. The van der Waals surface area contributed by atoms with E-state index in [4.69, 9.17) is 0 Å². The van der Waals surface area contributed by atoms with Gasteiger partial charge in [-0.1, -0.05) is 0 Å². The SMILES string of the molecule is O=C([O-])c1cc(=O)[nH]c(=O)[nH]1.[Rb+]. The van der Waals surface area contributed by atoms with Crippen LogP contribution in [-0.4, -0.2) is 15.9 Å². The van der Waals surface area contributed by atoms with Gasteiger partial charge in [0.05, 0.1) is 11.7 Å². The Hall–Kier alpha value is -0.0448. The first-order valence-corrected chi connectivity index (χ1v) is 2.64. The van der Waals surface area contributed by atoms with Crippen molar-refractivity contribution in [3.05, 3.63) is 32.6 Å². The first-order valence-electron chi connectivity index (χ1n) is 2.64. The number of carboxylic acids is 1. The smallest absolute Gasteiger partial charge is 0.543 e. The fourth-order valence-electron chi connectivity index (χ4n) is 0.579. The summed E-state index contributed by atoms with van der Waals surface area (Å²) in [6, 6.07) is 0.733. The molecule has 1 aromatic heterocycles. The summed E-state index contributed by atoms with van der Waals surface area (Å²) < 4.78 is 0. The molecule has 0 unspecified atom stereocenters. The second-order valence-corrected chi connectivity index (χ2v) is 1.79. The van der Waals surface area contributed by atoms with Crippen molar-refractivity contribution in [1.29, 1.82) is 0 Å². The molecule has 0 aliphatic heterocycles. The van der Waals surface area contributed by atoms with E-state index in [0.29, 0.717) is 0 Å². The van der Waals surface area contributed by atoms with Crippen molar-refractivity contribution in [2.45, 2.75) is 0 Å². The normalized spacial score (nSPS) is 8.67. The molecule has 0 saturated heterocycles. The van der Waals surface area contributed by atoms with Crippen LogP contribution in [0.5, 0.6) is 0 Å². The number of hydrogen-bond donors (Lipinski definition) is 2. The first kappa shape index (κ1) is 12.0. The number of carbonyl (C=O) groups excluding carboxylic acids is 1. The van der Waals surface area contributed by atoms with E-state index in [1.165, 1.54) is 0 Å². The predicted octanol–water partition coefficient (Wildman–Crippen LogP) is -5.57. The Balaban J connectivity index is 0.00000121. The van der Waals surface area contributed by atoms with E-state index in [9.17, 15) is 19.5 Å². The van der Waals surface area contributed by atoms with Crippen molar-refractivity contribution >= 4 is 5.97 Å². The van der Waals surface area contributed by atoms with Crippen molar-refractivity contribution in [1.82, 2.24) is 9.97 Å². The van der Waals surface area contributed by atoms with Crippen molar-refractivity contribution in [2.24, 2.45) is 0 Å². The van der Waals surface area contributed by atoms with Gasteiger partial charge in [0, 0.05) is 6.07 Å². The van der Waals surface area contributed by atoms with Gasteiger partial charge in [0.1, 0.15) is 0 Å². The third-order valence-electron chi connectivity index (χ3n) is 0.980. The summed E-state index contributed by atoms with van der Waals surface area (Å²) in [6.45, 7) is 0. The van der Waals surface area contributed by atoms with Gasteiger partial charge in [-0.3, -0.25) is 9.78 Å². The molecule has 0 fully saturated rings. The van der Waals surface area contributed by atoms with Crippen LogP contribution < -0.4 is 74.5 Å². The molecule has 58 valence electrons. The molecule has 0 aromatic carbocycles. The Labute approximate surface area is 115 Å². The number of aromatic nitrogens is 2. The fraction of sp³-hybridized carbons (Fsp3) is 0. The largest absolute Gasteiger partial charge is 1.00 e. The van der Waals surface area contributed by atoms with Crippen molar-refractivity contribution in [3.8, 4) is 0 Å². The van der Waals surface area contributed by atoms with Crippen molar-refractivity contribution in [2.75, 3.05) is 0 Å². The second-order valence-electron chi connectivity index (χ2n) is 1.79. The van der Waals surface area contributed by atoms with Gasteiger partial charge in [0.2, 0.25) is 0 Å². The molecule has 1 rings (SSSR count). The van der Waals surface area contributed by atoms with Gasteiger partial charge < -0.3 is 14.9 Å². The molecular formula is C5H3N2O4Rb. The Morgan fingerprint density at radius 2 is 1.92 bits per heavy atom. The molecule has 0 aliphatic carbocycles. The zero-order valence-corrected chi connectivity index (χ0v) is 11.1. The zero-order chi connectivity index (χ0) is 8.43. The quantitative estimate of drug-likeness (QED) is 0.511. The minimum atomic E-state index is -1.59. The van der Waals surface area contributed by atoms with E-state index < -0.39 is 22.9 Å². The van der Waals surface area contributed by atoms with E-state index in [2.05, 4.69) is 0 Å². The van der Waals surface area contributed by atoms with Crippen molar-refractivity contribution in [3.63, 3.8) is 0 Å². The number of H-pyrrole nitrogens is 2. The predicted molar refractivity (Wildman–Crippen MR) is 32.0 cm³/mol. The topological polar surface area (TPSA) is 106 Å². The standard InChI is InChI=1S/C5H4N2O4.Rb/c8-3-1-2(4(9)10)6-5(11)7-3;/h1H,(H,9,10)(H2,6,7,8,11);/q;+1/p-1. The van der Waals surface area contributed by atoms with E-state index in [1.54, 1.807) is 0 Å². The maximum absolute atomic E-state index is 10.4. The maximum Gasteiger partial charge on any atom is 1.00 e. The molecule has 0 radical (unpaired) electrons. The molecule has 12 heavy (non-hydrogen) atoms. The molecule has 2 N–H and O–H groups in total. The number of hydrogen-bond acceptors (Lipinski definition) is 4. The van der Waals surface area contributed by atoms with Gasteiger partial charge in [-0.25, -0.2) is 4.79 Å². The van der Waals surface area contributed by atoms with Crippen LogP contribution in [-0.2, 0) is 0 Å². The number of aromatic carboxylic acids is 1. The van der Waals surface area contributed by atoms with Gasteiger partial charge in [-0.2, -0.15) is 0 Å². The minimum Gasteiger partial charge on any atom is -0.543 e. The Bertz CT molecular complexity index is 365. The third kappa shape index (κ3) is 3.14. The van der Waals surface area contributed by atoms with E-state index >= 15 is 0 Å². The summed E-state index contributed by atoms with van der Waals surface area (Å²) in [7, 11) is 0. The Morgan fingerprint density at radius 3 is 2.33 bits per heavy atom. The molecule has 1 aromatic rings. The van der Waals surface area contributed by atoms with Gasteiger partial charge in [-0.15, -0.1) is 0 Å². The summed E-state index contributed by atoms with van der Waals surface area (Å²) in [5.74, 6) is -1.59. The summed E-state index contributed by atoms with van der Waals surface area (Å²) >= 11 is 0. The van der Waals surface area contributed by atoms with Crippen LogP contribution in [0, 0.1) is 0 Å². The molecule has 0 saturated carbocycles. The van der Waals surface area contributed by atoms with Gasteiger partial charge in [-0.05, 0) is 0 Å². The molecular weight excluding hydrogens is 238 g/mol. The maximum atomic E-state index is 10.4. The monoisotopic (exact) mass is 240 g/mol. The fourth-order valence-corrected chi connectivity index (χ4v) is 0.579. The van der Waals surface area contributed by atoms with Crippen LogP contribution in [0.3, 0.4) is 0 Å². The van der Waals surface area contributed by atoms with Crippen LogP contribution in [0.15, 0.2) is 15.7 Å². The van der Waals surface area contributed by atoms with E-state index in [1.807, 2.05) is 9.97 Å². The van der Waals surface area contributed by atoms with Crippen LogP contribution in [0.25, 0.3) is 0 Å². The summed E-state index contributed by atoms with van der Waals surface area (Å²) in [5.41, 5.74) is -2.16. The number of carboxylic acid groups (broad SMARTS) is 1. The van der Waals surface area contributed by atoms with Crippen LogP contribution >= 0.6 is 0 Å². The second kappa shape index (κ2) is 4.85. The average Bonchev–Trinajstić information content (AvgIpc) is 1.85. The molecule has 1 heterocycles. The summed E-state index contributed by atoms with van der Waals surface area (Å²) in [5, 5.41) is 10.1. The Kier molecular flexibility index (Phi) is 4.84. The van der Waals surface area contributed by atoms with Crippen LogP contribution in [0.4, 0.5) is 0 Å². The number of rotatable bonds is 1. The van der Waals surface area contributed by atoms with Gasteiger partial charge in [0.15, 0.2) is 0 Å². The van der Waals surface area contributed by atoms with E-state index in [-0.39, 0.29) is 58.2 Å². The molecule has 0 spiro atoms. The van der Waals surface area contributed by atoms with Crippen LogP contribution in [0.2, 0.25) is 0 Å². The summed E-state index contributed by atoms with van der Waals surface area (Å²) in [6.07, 6.45) is 0. The van der Waals surface area contributed by atoms with Crippen molar-refractivity contribution < 1.29 is 68.1 Å². The van der Waals surface area contributed by atoms with Gasteiger partial charge >= 0.3 is 63.9 Å². The average molecular weight is 241 g/mol. The Morgan fingerprint density at radius 1 is 1.33 bits per heavy atom. The molecule has 6 nitrogen and oxygen atoms in total. The molecule has 7 heteroatoms. The third-order valence-corrected chi connectivity index (χ3v) is 0.980.